The van der Waals surface area contributed by atoms with Crippen LogP contribution in [-0.4, -0.2) is 21.7 Å². The topological polar surface area (TPSA) is 67.8 Å². The Bertz CT molecular complexity index is 743. The third-order valence-corrected chi connectivity index (χ3v) is 4.37. The lowest BCUT2D eigenvalue weighted by molar-refractivity contribution is 0.415. The molecule has 110 valence electrons. The number of methoxy groups -OCH3 is 1. The molecular weight excluding hydrogens is 356 g/mol. The summed E-state index contributed by atoms with van der Waals surface area (Å²) in [6.45, 7) is 0. The van der Waals surface area contributed by atoms with E-state index in [1.807, 2.05) is 0 Å². The Hall–Kier alpha value is -1.86. The lowest BCUT2D eigenvalue weighted by Crippen LogP contribution is -2.18. The maximum absolute atomic E-state index is 12.0. The molecular formula is C14H13BrN2O3S. The van der Waals surface area contributed by atoms with Crippen molar-refractivity contribution < 1.29 is 13.2 Å². The van der Waals surface area contributed by atoms with Gasteiger partial charge in [0.1, 0.15) is 5.75 Å². The lowest BCUT2D eigenvalue weighted by atomic mass is 10.2. The molecule has 0 saturated heterocycles. The minimum atomic E-state index is -3.66. The van der Waals surface area contributed by atoms with E-state index in [2.05, 4.69) is 25.9 Å². The minimum Gasteiger partial charge on any atom is -0.497 e. The summed E-state index contributed by atoms with van der Waals surface area (Å²) in [7, 11) is -2.10. The van der Waals surface area contributed by atoms with Crippen molar-refractivity contribution in [1.29, 1.82) is 0 Å². The first-order valence-electron chi connectivity index (χ1n) is 5.96. The molecule has 0 spiro atoms. The highest BCUT2D eigenvalue weighted by atomic mass is 79.9. The van der Waals surface area contributed by atoms with Crippen LogP contribution < -0.4 is 9.57 Å². The Balaban J connectivity index is 2.10. The summed E-state index contributed by atoms with van der Waals surface area (Å²) in [4.78, 5) is 2.31. The Morgan fingerprint density at radius 3 is 2.57 bits per heavy atom. The molecule has 0 heterocycles. The lowest BCUT2D eigenvalue weighted by Gasteiger charge is -2.03. The highest BCUT2D eigenvalue weighted by molar-refractivity contribution is 9.10. The van der Waals surface area contributed by atoms with E-state index in [0.29, 0.717) is 5.75 Å². The molecule has 0 saturated carbocycles. The Labute approximate surface area is 131 Å². The number of halogens is 1. The number of hydrazone groups is 1. The van der Waals surface area contributed by atoms with Crippen LogP contribution in [0.15, 0.2) is 63.0 Å². The highest BCUT2D eigenvalue weighted by Gasteiger charge is 2.11. The van der Waals surface area contributed by atoms with Crippen molar-refractivity contribution >= 4 is 32.2 Å². The third kappa shape index (κ3) is 4.30. The zero-order valence-electron chi connectivity index (χ0n) is 11.2. The van der Waals surface area contributed by atoms with Crippen molar-refractivity contribution in [2.75, 3.05) is 7.11 Å². The van der Waals surface area contributed by atoms with E-state index in [9.17, 15) is 8.42 Å². The molecule has 5 nitrogen and oxygen atoms in total. The number of benzene rings is 2. The van der Waals surface area contributed by atoms with Crippen molar-refractivity contribution in [2.24, 2.45) is 5.10 Å². The van der Waals surface area contributed by atoms with E-state index in [1.54, 1.807) is 43.5 Å². The fourth-order valence-corrected chi connectivity index (χ4v) is 2.61. The van der Waals surface area contributed by atoms with Gasteiger partial charge < -0.3 is 4.74 Å². The van der Waals surface area contributed by atoms with Crippen LogP contribution in [0.1, 0.15) is 5.56 Å². The van der Waals surface area contributed by atoms with Crippen molar-refractivity contribution in [3.05, 3.63) is 58.6 Å². The number of sulfonamides is 1. The van der Waals surface area contributed by atoms with E-state index in [-0.39, 0.29) is 4.90 Å². The fourth-order valence-electron chi connectivity index (χ4n) is 1.56. The molecule has 0 unspecified atom stereocenters. The molecule has 0 fully saturated rings. The van der Waals surface area contributed by atoms with Gasteiger partial charge in [-0.25, -0.2) is 4.83 Å². The first-order chi connectivity index (χ1) is 10.0. The van der Waals surface area contributed by atoms with Gasteiger partial charge in [-0.05, 0) is 42.0 Å². The van der Waals surface area contributed by atoms with Gasteiger partial charge in [-0.15, -0.1) is 0 Å². The van der Waals surface area contributed by atoms with E-state index in [1.165, 1.54) is 18.3 Å². The second-order valence-corrected chi connectivity index (χ2v) is 6.66. The van der Waals surface area contributed by atoms with Crippen LogP contribution in [0, 0.1) is 0 Å². The molecule has 0 aromatic heterocycles. The molecule has 2 aromatic rings. The number of nitrogens with zero attached hydrogens (tertiary/aromatic N) is 1. The van der Waals surface area contributed by atoms with E-state index in [4.69, 9.17) is 4.74 Å². The summed E-state index contributed by atoms with van der Waals surface area (Å²) >= 11 is 3.25. The van der Waals surface area contributed by atoms with E-state index < -0.39 is 10.0 Å². The van der Waals surface area contributed by atoms with Gasteiger partial charge in [0.25, 0.3) is 10.0 Å². The number of nitrogens with one attached hydrogen (secondary N) is 1. The largest absolute Gasteiger partial charge is 0.497 e. The fraction of sp³-hybridized carbons (Fsp3) is 0.0714. The van der Waals surface area contributed by atoms with Gasteiger partial charge >= 0.3 is 0 Å². The number of hydrogen-bond donors (Lipinski definition) is 1. The molecule has 7 heteroatoms. The molecule has 0 bridgehead atoms. The molecule has 0 aliphatic heterocycles. The molecule has 0 amide bonds. The second kappa shape index (κ2) is 6.73. The Kier molecular flexibility index (Phi) is 4.98. The van der Waals surface area contributed by atoms with Crippen molar-refractivity contribution in [2.45, 2.75) is 4.90 Å². The number of hydrogen-bond acceptors (Lipinski definition) is 4. The van der Waals surface area contributed by atoms with Crippen LogP contribution in [-0.2, 0) is 10.0 Å². The zero-order chi connectivity index (χ0) is 15.3. The smallest absolute Gasteiger partial charge is 0.276 e. The molecule has 0 atom stereocenters. The first kappa shape index (κ1) is 15.5. The van der Waals surface area contributed by atoms with Crippen LogP contribution in [0.25, 0.3) is 0 Å². The van der Waals surface area contributed by atoms with Crippen LogP contribution in [0.2, 0.25) is 0 Å². The summed E-state index contributed by atoms with van der Waals surface area (Å²) in [6.07, 6.45) is 1.42. The molecule has 0 aliphatic carbocycles. The summed E-state index contributed by atoms with van der Waals surface area (Å²) in [5.74, 6) is 0.676. The maximum atomic E-state index is 12.0. The Morgan fingerprint density at radius 1 is 1.19 bits per heavy atom. The summed E-state index contributed by atoms with van der Waals surface area (Å²) in [6, 6.07) is 13.4. The standard InChI is InChI=1S/C14H13BrN2O3S/c1-20-13-4-2-3-11(9-13)10-16-17-21(18,19)14-7-5-12(15)6-8-14/h2-10,17H,1H3/b16-10+. The molecule has 1 N–H and O–H groups in total. The van der Waals surface area contributed by atoms with Crippen LogP contribution in [0.4, 0.5) is 0 Å². The Morgan fingerprint density at radius 2 is 1.90 bits per heavy atom. The monoisotopic (exact) mass is 368 g/mol. The zero-order valence-corrected chi connectivity index (χ0v) is 13.6. The SMILES string of the molecule is COc1cccc(/C=N/NS(=O)(=O)c2ccc(Br)cc2)c1. The van der Waals surface area contributed by atoms with Gasteiger partial charge in [0.05, 0.1) is 18.2 Å². The summed E-state index contributed by atoms with van der Waals surface area (Å²) in [5, 5.41) is 3.76. The average molecular weight is 369 g/mol. The van der Waals surface area contributed by atoms with Crippen LogP contribution in [0.3, 0.4) is 0 Å². The molecule has 21 heavy (non-hydrogen) atoms. The normalized spacial score (nSPS) is 11.5. The molecule has 2 aromatic carbocycles. The maximum Gasteiger partial charge on any atom is 0.276 e. The van der Waals surface area contributed by atoms with E-state index >= 15 is 0 Å². The molecule has 0 radical (unpaired) electrons. The number of ether oxygens (including phenoxy) is 1. The predicted molar refractivity (Wildman–Crippen MR) is 85.1 cm³/mol. The first-order valence-corrected chi connectivity index (χ1v) is 8.23. The van der Waals surface area contributed by atoms with Gasteiger partial charge in [-0.3, -0.25) is 0 Å². The average Bonchev–Trinajstić information content (AvgIpc) is 2.48. The van der Waals surface area contributed by atoms with Crippen molar-refractivity contribution in [3.63, 3.8) is 0 Å². The van der Waals surface area contributed by atoms with Gasteiger partial charge in [0.15, 0.2) is 0 Å². The van der Waals surface area contributed by atoms with Gasteiger partial charge in [0, 0.05) is 4.47 Å². The van der Waals surface area contributed by atoms with Gasteiger partial charge in [0.2, 0.25) is 0 Å². The van der Waals surface area contributed by atoms with Crippen molar-refractivity contribution in [3.8, 4) is 5.75 Å². The van der Waals surface area contributed by atoms with E-state index in [0.717, 1.165) is 10.0 Å². The molecule has 0 aliphatic rings. The quantitative estimate of drug-likeness (QED) is 0.651. The van der Waals surface area contributed by atoms with Gasteiger partial charge in [-0.1, -0.05) is 28.1 Å². The van der Waals surface area contributed by atoms with Crippen molar-refractivity contribution in [1.82, 2.24) is 4.83 Å². The molecule has 2 rings (SSSR count). The number of rotatable bonds is 5. The second-order valence-electron chi connectivity index (χ2n) is 4.08. The van der Waals surface area contributed by atoms with Gasteiger partial charge in [-0.2, -0.15) is 13.5 Å². The predicted octanol–water partition coefficient (Wildman–Crippen LogP) is 2.77. The van der Waals surface area contributed by atoms with Crippen LogP contribution >= 0.6 is 15.9 Å². The summed E-state index contributed by atoms with van der Waals surface area (Å²) in [5.41, 5.74) is 0.729. The minimum absolute atomic E-state index is 0.147. The highest BCUT2D eigenvalue weighted by Crippen LogP contribution is 2.14. The summed E-state index contributed by atoms with van der Waals surface area (Å²) < 4.78 is 29.9. The van der Waals surface area contributed by atoms with Crippen LogP contribution in [0.5, 0.6) is 5.75 Å². The third-order valence-electron chi connectivity index (χ3n) is 2.60.